The molecular weight excluding hydrogens is 244 g/mol. The van der Waals surface area contributed by atoms with Gasteiger partial charge in [-0.1, -0.05) is 29.5 Å². The smallest absolute Gasteiger partial charge is 0.120 e. The van der Waals surface area contributed by atoms with Crippen molar-refractivity contribution in [3.8, 4) is 17.6 Å². The summed E-state index contributed by atoms with van der Waals surface area (Å²) in [6, 6.07) is 16.1. The summed E-state index contributed by atoms with van der Waals surface area (Å²) in [5.41, 5.74) is 3.10. The number of hydrogen-bond donors (Lipinski definition) is 0. The maximum Gasteiger partial charge on any atom is 0.120 e. The Labute approximate surface area is 121 Å². The first-order valence-electron chi connectivity index (χ1n) is 6.80. The summed E-state index contributed by atoms with van der Waals surface area (Å²) in [5.74, 6) is 7.20. The van der Waals surface area contributed by atoms with Gasteiger partial charge in [-0.05, 0) is 64.1 Å². The number of rotatable bonds is 1. The van der Waals surface area contributed by atoms with Gasteiger partial charge in [0.25, 0.3) is 0 Å². The lowest BCUT2D eigenvalue weighted by atomic mass is 10.1. The van der Waals surface area contributed by atoms with Gasteiger partial charge in [0.05, 0.1) is 0 Å². The van der Waals surface area contributed by atoms with E-state index in [1.165, 1.54) is 5.56 Å². The van der Waals surface area contributed by atoms with E-state index in [0.717, 1.165) is 16.9 Å². The average Bonchev–Trinajstić information content (AvgIpc) is 2.38. The van der Waals surface area contributed by atoms with E-state index in [1.807, 2.05) is 57.2 Å². The second-order valence-corrected chi connectivity index (χ2v) is 5.85. The maximum absolute atomic E-state index is 5.78. The Morgan fingerprint density at radius 3 is 1.65 bits per heavy atom. The van der Waals surface area contributed by atoms with Crippen molar-refractivity contribution in [1.82, 2.24) is 0 Å². The molecule has 1 nitrogen and oxygen atoms in total. The summed E-state index contributed by atoms with van der Waals surface area (Å²) in [6.07, 6.45) is 0. The van der Waals surface area contributed by atoms with Gasteiger partial charge in [-0.15, -0.1) is 0 Å². The number of ether oxygens (including phenoxy) is 1. The number of aryl methyl sites for hydroxylation is 1. The van der Waals surface area contributed by atoms with Crippen LogP contribution in [0.15, 0.2) is 48.5 Å². The third kappa shape index (κ3) is 4.48. The van der Waals surface area contributed by atoms with Crippen molar-refractivity contribution in [2.24, 2.45) is 0 Å². The molecule has 0 unspecified atom stereocenters. The van der Waals surface area contributed by atoms with Crippen LogP contribution in [0.25, 0.3) is 0 Å². The van der Waals surface area contributed by atoms with Gasteiger partial charge >= 0.3 is 0 Å². The second kappa shape index (κ2) is 5.84. The molecule has 0 saturated carbocycles. The van der Waals surface area contributed by atoms with Crippen LogP contribution in [0.1, 0.15) is 37.5 Å². The Kier molecular flexibility index (Phi) is 4.15. The molecule has 0 fully saturated rings. The van der Waals surface area contributed by atoms with Crippen LogP contribution < -0.4 is 4.74 Å². The van der Waals surface area contributed by atoms with E-state index in [4.69, 9.17) is 4.74 Å². The quantitative estimate of drug-likeness (QED) is 0.685. The minimum absolute atomic E-state index is 0.172. The maximum atomic E-state index is 5.78. The Morgan fingerprint density at radius 2 is 1.20 bits per heavy atom. The van der Waals surface area contributed by atoms with Gasteiger partial charge in [-0.25, -0.2) is 0 Å². The summed E-state index contributed by atoms with van der Waals surface area (Å²) in [7, 11) is 0. The van der Waals surface area contributed by atoms with Crippen LogP contribution >= 0.6 is 0 Å². The second-order valence-electron chi connectivity index (χ2n) is 5.85. The van der Waals surface area contributed by atoms with E-state index in [1.54, 1.807) is 0 Å². The van der Waals surface area contributed by atoms with Gasteiger partial charge < -0.3 is 4.74 Å². The highest BCUT2D eigenvalue weighted by Gasteiger charge is 2.10. The summed E-state index contributed by atoms with van der Waals surface area (Å²) in [6.45, 7) is 8.19. The number of benzene rings is 2. The molecule has 0 bridgehead atoms. The fourth-order valence-corrected chi connectivity index (χ4v) is 1.74. The highest BCUT2D eigenvalue weighted by Crippen LogP contribution is 2.18. The van der Waals surface area contributed by atoms with Crippen molar-refractivity contribution in [2.75, 3.05) is 0 Å². The molecule has 2 aromatic carbocycles. The molecule has 0 amide bonds. The van der Waals surface area contributed by atoms with Gasteiger partial charge in [-0.3, -0.25) is 0 Å². The predicted molar refractivity (Wildman–Crippen MR) is 84.0 cm³/mol. The molecule has 0 aliphatic heterocycles. The monoisotopic (exact) mass is 264 g/mol. The lowest BCUT2D eigenvalue weighted by molar-refractivity contribution is 0.131. The van der Waals surface area contributed by atoms with Gasteiger partial charge in [0, 0.05) is 11.1 Å². The Balaban J connectivity index is 2.10. The Morgan fingerprint density at radius 1 is 0.750 bits per heavy atom. The van der Waals surface area contributed by atoms with Gasteiger partial charge in [0.15, 0.2) is 0 Å². The van der Waals surface area contributed by atoms with Crippen molar-refractivity contribution in [1.29, 1.82) is 0 Å². The molecule has 102 valence electrons. The predicted octanol–water partition coefficient (Wildman–Crippen LogP) is 4.57. The van der Waals surface area contributed by atoms with Crippen molar-refractivity contribution in [3.63, 3.8) is 0 Å². The fraction of sp³-hybridized carbons (Fsp3) is 0.263. The molecule has 1 heteroatoms. The van der Waals surface area contributed by atoms with Crippen LogP contribution in [0, 0.1) is 18.8 Å². The molecule has 20 heavy (non-hydrogen) atoms. The SMILES string of the molecule is Cc1ccc(C#Cc2ccc(OC(C)(C)C)cc2)cc1. The minimum Gasteiger partial charge on any atom is -0.488 e. The molecule has 0 N–H and O–H groups in total. The lowest BCUT2D eigenvalue weighted by Gasteiger charge is -2.21. The molecule has 0 aromatic heterocycles. The van der Waals surface area contributed by atoms with Crippen LogP contribution in [0.3, 0.4) is 0 Å². The van der Waals surface area contributed by atoms with E-state index in [2.05, 4.69) is 30.9 Å². The van der Waals surface area contributed by atoms with Crippen LogP contribution in [0.2, 0.25) is 0 Å². The average molecular weight is 264 g/mol. The minimum atomic E-state index is -0.172. The highest BCUT2D eigenvalue weighted by atomic mass is 16.5. The Hall–Kier alpha value is -2.20. The molecule has 2 rings (SSSR count). The zero-order valence-corrected chi connectivity index (χ0v) is 12.5. The lowest BCUT2D eigenvalue weighted by Crippen LogP contribution is -2.22. The van der Waals surface area contributed by atoms with Crippen molar-refractivity contribution in [3.05, 3.63) is 65.2 Å². The molecule has 0 radical (unpaired) electrons. The molecule has 0 aliphatic carbocycles. The molecule has 0 heterocycles. The van der Waals surface area contributed by atoms with Crippen molar-refractivity contribution in [2.45, 2.75) is 33.3 Å². The summed E-state index contributed by atoms with van der Waals surface area (Å²) >= 11 is 0. The van der Waals surface area contributed by atoms with Gasteiger partial charge in [0.1, 0.15) is 11.4 Å². The topological polar surface area (TPSA) is 9.23 Å². The van der Waals surface area contributed by atoms with E-state index in [-0.39, 0.29) is 5.60 Å². The van der Waals surface area contributed by atoms with E-state index < -0.39 is 0 Å². The van der Waals surface area contributed by atoms with Crippen LogP contribution in [-0.2, 0) is 0 Å². The fourth-order valence-electron chi connectivity index (χ4n) is 1.74. The highest BCUT2D eigenvalue weighted by molar-refractivity contribution is 5.44. The third-order valence-corrected chi connectivity index (χ3v) is 2.68. The van der Waals surface area contributed by atoms with Gasteiger partial charge in [0.2, 0.25) is 0 Å². The van der Waals surface area contributed by atoms with Crippen LogP contribution in [0.4, 0.5) is 0 Å². The molecule has 2 aromatic rings. The largest absolute Gasteiger partial charge is 0.488 e. The normalized spacial score (nSPS) is 10.6. The zero-order chi connectivity index (χ0) is 14.6. The standard InChI is InChI=1S/C19H20O/c1-15-5-7-16(8-6-15)9-10-17-11-13-18(14-12-17)20-19(2,3)4/h5-8,11-14H,1-4H3. The molecule has 0 aliphatic rings. The Bertz CT molecular complexity index is 617. The van der Waals surface area contributed by atoms with Crippen LogP contribution in [0.5, 0.6) is 5.75 Å². The van der Waals surface area contributed by atoms with E-state index >= 15 is 0 Å². The first-order chi connectivity index (χ1) is 9.42. The number of hydrogen-bond acceptors (Lipinski definition) is 1. The third-order valence-electron chi connectivity index (χ3n) is 2.68. The molecule has 0 atom stereocenters. The van der Waals surface area contributed by atoms with E-state index in [9.17, 15) is 0 Å². The van der Waals surface area contributed by atoms with Gasteiger partial charge in [-0.2, -0.15) is 0 Å². The molecule has 0 spiro atoms. The van der Waals surface area contributed by atoms with Crippen LogP contribution in [-0.4, -0.2) is 5.60 Å². The zero-order valence-electron chi connectivity index (χ0n) is 12.5. The molecular formula is C19H20O. The summed E-state index contributed by atoms with van der Waals surface area (Å²) in [4.78, 5) is 0. The van der Waals surface area contributed by atoms with Crippen molar-refractivity contribution >= 4 is 0 Å². The summed E-state index contributed by atoms with van der Waals surface area (Å²) < 4.78 is 5.78. The van der Waals surface area contributed by atoms with E-state index in [0.29, 0.717) is 0 Å². The molecule has 0 saturated heterocycles. The van der Waals surface area contributed by atoms with Crippen molar-refractivity contribution < 1.29 is 4.74 Å². The summed E-state index contributed by atoms with van der Waals surface area (Å²) in [5, 5.41) is 0. The first kappa shape index (κ1) is 14.2. The first-order valence-corrected chi connectivity index (χ1v) is 6.80.